The highest BCUT2D eigenvalue weighted by Gasteiger charge is 2.12. The molecule has 0 bridgehead atoms. The highest BCUT2D eigenvalue weighted by Crippen LogP contribution is 2.25. The van der Waals surface area contributed by atoms with Crippen LogP contribution >= 0.6 is 0 Å². The van der Waals surface area contributed by atoms with Gasteiger partial charge in [-0.15, -0.1) is 0 Å². The number of carbonyl (C=O) groups excluding carboxylic acids is 1. The summed E-state index contributed by atoms with van der Waals surface area (Å²) in [6.45, 7) is 1.22. The fourth-order valence-electron chi connectivity index (χ4n) is 3.18. The lowest BCUT2D eigenvalue weighted by Gasteiger charge is -2.10. The molecule has 0 radical (unpaired) electrons. The van der Waals surface area contributed by atoms with Gasteiger partial charge in [-0.2, -0.15) is 0 Å². The summed E-state index contributed by atoms with van der Waals surface area (Å²) < 4.78 is 10.9. The first-order chi connectivity index (χ1) is 14.2. The van der Waals surface area contributed by atoms with Crippen LogP contribution in [0, 0.1) is 0 Å². The van der Waals surface area contributed by atoms with Crippen LogP contribution in [0.2, 0.25) is 0 Å². The van der Waals surface area contributed by atoms with Gasteiger partial charge < -0.3 is 19.6 Å². The molecule has 0 saturated heterocycles. The maximum atomic E-state index is 12.6. The summed E-state index contributed by atoms with van der Waals surface area (Å²) in [7, 11) is 0. The van der Waals surface area contributed by atoms with Gasteiger partial charge >= 0.3 is 0 Å². The second-order valence-electron chi connectivity index (χ2n) is 6.79. The van der Waals surface area contributed by atoms with Crippen molar-refractivity contribution in [3.05, 3.63) is 102 Å². The number of carbonyl (C=O) groups is 1. The summed E-state index contributed by atoms with van der Waals surface area (Å²) in [6, 6.07) is 22.5. The minimum Gasteiger partial charge on any atom is -0.507 e. The lowest BCUT2D eigenvalue weighted by molar-refractivity contribution is 0.0928. The molecule has 0 unspecified atom stereocenters. The SMILES string of the molecule is O=C(NCc1cccc(COCc2ccco2)c1)c1cc2ccccc2cc1O. The first-order valence-corrected chi connectivity index (χ1v) is 9.37. The van der Waals surface area contributed by atoms with E-state index in [0.717, 1.165) is 27.7 Å². The standard InChI is InChI=1S/C24H21NO4/c26-23-13-20-8-2-1-7-19(20)12-22(23)24(27)25-14-17-5-3-6-18(11-17)15-28-16-21-9-4-10-29-21/h1-13,26H,14-16H2,(H,25,27). The first kappa shape index (κ1) is 18.8. The minimum absolute atomic E-state index is 0.0266. The third-order valence-electron chi connectivity index (χ3n) is 4.65. The zero-order valence-corrected chi connectivity index (χ0v) is 15.8. The molecule has 0 aliphatic rings. The molecule has 5 heteroatoms. The zero-order chi connectivity index (χ0) is 20.1. The molecule has 5 nitrogen and oxygen atoms in total. The molecular weight excluding hydrogens is 366 g/mol. The number of rotatable bonds is 7. The fraction of sp³-hybridized carbons (Fsp3) is 0.125. The Balaban J connectivity index is 1.37. The molecule has 29 heavy (non-hydrogen) atoms. The van der Waals surface area contributed by atoms with E-state index in [1.54, 1.807) is 18.4 Å². The fourth-order valence-corrected chi connectivity index (χ4v) is 3.18. The van der Waals surface area contributed by atoms with E-state index in [4.69, 9.17) is 9.15 Å². The lowest BCUT2D eigenvalue weighted by Crippen LogP contribution is -2.23. The number of fused-ring (bicyclic) bond motifs is 1. The first-order valence-electron chi connectivity index (χ1n) is 9.37. The van der Waals surface area contributed by atoms with Gasteiger partial charge in [0.05, 0.1) is 18.4 Å². The number of benzene rings is 3. The van der Waals surface area contributed by atoms with Crippen molar-refractivity contribution in [1.82, 2.24) is 5.32 Å². The van der Waals surface area contributed by atoms with Crippen molar-refractivity contribution >= 4 is 16.7 Å². The molecule has 0 spiro atoms. The van der Waals surface area contributed by atoms with Crippen LogP contribution in [0.15, 0.2) is 83.5 Å². The minimum atomic E-state index is -0.312. The van der Waals surface area contributed by atoms with E-state index in [1.807, 2.05) is 60.7 Å². The van der Waals surface area contributed by atoms with Crippen LogP contribution in [-0.4, -0.2) is 11.0 Å². The Labute approximate surface area is 168 Å². The maximum Gasteiger partial charge on any atom is 0.255 e. The molecule has 1 aromatic heterocycles. The zero-order valence-electron chi connectivity index (χ0n) is 15.8. The van der Waals surface area contributed by atoms with Gasteiger partial charge in [0.1, 0.15) is 18.1 Å². The van der Waals surface area contributed by atoms with E-state index < -0.39 is 0 Å². The number of phenolic OH excluding ortho intramolecular Hbond substituents is 1. The maximum absolute atomic E-state index is 12.6. The summed E-state index contributed by atoms with van der Waals surface area (Å²) in [4.78, 5) is 12.6. The van der Waals surface area contributed by atoms with Crippen LogP contribution in [0.3, 0.4) is 0 Å². The number of phenols is 1. The number of hydrogen-bond acceptors (Lipinski definition) is 4. The molecular formula is C24H21NO4. The van der Waals surface area contributed by atoms with Crippen molar-refractivity contribution in [3.63, 3.8) is 0 Å². The van der Waals surface area contributed by atoms with Gasteiger partial charge in [0, 0.05) is 6.54 Å². The second-order valence-corrected chi connectivity index (χ2v) is 6.79. The van der Waals surface area contributed by atoms with Crippen LogP contribution in [0.5, 0.6) is 5.75 Å². The average molecular weight is 387 g/mol. The van der Waals surface area contributed by atoms with Crippen LogP contribution in [0.25, 0.3) is 10.8 Å². The van der Waals surface area contributed by atoms with E-state index in [2.05, 4.69) is 5.32 Å². The molecule has 0 fully saturated rings. The molecule has 2 N–H and O–H groups in total. The Morgan fingerprint density at radius 2 is 1.69 bits per heavy atom. The van der Waals surface area contributed by atoms with Crippen LogP contribution in [-0.2, 0) is 24.5 Å². The lowest BCUT2D eigenvalue weighted by atomic mass is 10.1. The number of hydrogen-bond donors (Lipinski definition) is 2. The normalized spacial score (nSPS) is 10.9. The summed E-state index contributed by atoms with van der Waals surface area (Å²) >= 11 is 0. The van der Waals surface area contributed by atoms with Gasteiger partial charge in [-0.3, -0.25) is 4.79 Å². The molecule has 1 heterocycles. The largest absolute Gasteiger partial charge is 0.507 e. The van der Waals surface area contributed by atoms with Crippen molar-refractivity contribution in [1.29, 1.82) is 0 Å². The molecule has 4 aromatic rings. The number of furan rings is 1. The van der Waals surface area contributed by atoms with Gasteiger partial charge in [-0.05, 0) is 46.2 Å². The van der Waals surface area contributed by atoms with E-state index in [1.165, 1.54) is 0 Å². The van der Waals surface area contributed by atoms with Crippen molar-refractivity contribution in [2.24, 2.45) is 0 Å². The Morgan fingerprint density at radius 1 is 0.897 bits per heavy atom. The number of nitrogens with one attached hydrogen (secondary N) is 1. The molecule has 0 atom stereocenters. The van der Waals surface area contributed by atoms with Gasteiger partial charge in [0.25, 0.3) is 5.91 Å². The van der Waals surface area contributed by atoms with Crippen LogP contribution < -0.4 is 5.32 Å². The van der Waals surface area contributed by atoms with Gasteiger partial charge in [0.2, 0.25) is 0 Å². The molecule has 3 aromatic carbocycles. The predicted octanol–water partition coefficient (Wildman–Crippen LogP) is 4.79. The molecule has 1 amide bonds. The second kappa shape index (κ2) is 8.63. The van der Waals surface area contributed by atoms with Crippen molar-refractivity contribution in [3.8, 4) is 5.75 Å². The quantitative estimate of drug-likeness (QED) is 0.478. The smallest absolute Gasteiger partial charge is 0.255 e. The summed E-state index contributed by atoms with van der Waals surface area (Å²) in [5, 5.41) is 14.9. The third kappa shape index (κ3) is 4.65. The van der Waals surface area contributed by atoms with Crippen molar-refractivity contribution < 1.29 is 19.1 Å². The summed E-state index contributed by atoms with van der Waals surface area (Å²) in [5.74, 6) is 0.442. The topological polar surface area (TPSA) is 71.7 Å². The molecule has 0 saturated carbocycles. The van der Waals surface area contributed by atoms with Gasteiger partial charge in [0.15, 0.2) is 0 Å². The number of aromatic hydroxyl groups is 1. The Bertz CT molecular complexity index is 1120. The van der Waals surface area contributed by atoms with E-state index in [0.29, 0.717) is 19.8 Å². The Hall–Kier alpha value is -3.57. The number of amides is 1. The molecule has 146 valence electrons. The average Bonchev–Trinajstić information content (AvgIpc) is 3.25. The number of ether oxygens (including phenoxy) is 1. The van der Waals surface area contributed by atoms with Crippen molar-refractivity contribution in [2.45, 2.75) is 19.8 Å². The summed E-state index contributed by atoms with van der Waals surface area (Å²) in [5.41, 5.74) is 2.23. The third-order valence-corrected chi connectivity index (χ3v) is 4.65. The Morgan fingerprint density at radius 3 is 2.48 bits per heavy atom. The monoisotopic (exact) mass is 387 g/mol. The highest BCUT2D eigenvalue weighted by atomic mass is 16.5. The molecule has 4 rings (SSSR count). The Kier molecular flexibility index (Phi) is 5.59. The summed E-state index contributed by atoms with van der Waals surface area (Å²) in [6.07, 6.45) is 1.62. The highest BCUT2D eigenvalue weighted by molar-refractivity contribution is 6.01. The van der Waals surface area contributed by atoms with Gasteiger partial charge in [-0.1, -0.05) is 48.5 Å². The predicted molar refractivity (Wildman–Crippen MR) is 110 cm³/mol. The van der Waals surface area contributed by atoms with E-state index in [9.17, 15) is 9.90 Å². The van der Waals surface area contributed by atoms with E-state index in [-0.39, 0.29) is 17.2 Å². The van der Waals surface area contributed by atoms with Crippen LogP contribution in [0.4, 0.5) is 0 Å². The molecule has 0 aliphatic heterocycles. The van der Waals surface area contributed by atoms with Crippen molar-refractivity contribution in [2.75, 3.05) is 0 Å². The van der Waals surface area contributed by atoms with Gasteiger partial charge in [-0.25, -0.2) is 0 Å². The van der Waals surface area contributed by atoms with Crippen LogP contribution in [0.1, 0.15) is 27.2 Å². The van der Waals surface area contributed by atoms with E-state index >= 15 is 0 Å². The molecule has 0 aliphatic carbocycles.